The molecule has 0 N–H and O–H groups in total. The second kappa shape index (κ2) is 8.99. The number of ether oxygens (including phenoxy) is 1. The van der Waals surface area contributed by atoms with Crippen LogP contribution in [0.5, 0.6) is 5.75 Å². The summed E-state index contributed by atoms with van der Waals surface area (Å²) in [6.45, 7) is 8.35. The van der Waals surface area contributed by atoms with Crippen LogP contribution in [-0.4, -0.2) is 52.7 Å². The molecule has 0 saturated carbocycles. The van der Waals surface area contributed by atoms with Crippen LogP contribution in [0.25, 0.3) is 11.4 Å². The lowest BCUT2D eigenvalue weighted by molar-refractivity contribution is 0.112. The van der Waals surface area contributed by atoms with Crippen molar-refractivity contribution in [3.8, 4) is 17.1 Å². The van der Waals surface area contributed by atoms with Gasteiger partial charge in [0, 0.05) is 32.7 Å². The van der Waals surface area contributed by atoms with Crippen LogP contribution in [0, 0.1) is 0 Å². The molecule has 6 nitrogen and oxygen atoms in total. The van der Waals surface area contributed by atoms with Crippen molar-refractivity contribution in [2.24, 2.45) is 0 Å². The van der Waals surface area contributed by atoms with Crippen LogP contribution in [0.1, 0.15) is 18.4 Å². The van der Waals surface area contributed by atoms with E-state index in [-0.39, 0.29) is 0 Å². The van der Waals surface area contributed by atoms with Gasteiger partial charge in [-0.25, -0.2) is 0 Å². The molecule has 146 valence electrons. The Labute approximate surface area is 165 Å². The first-order valence-electron chi connectivity index (χ1n) is 9.85. The van der Waals surface area contributed by atoms with Crippen molar-refractivity contribution >= 4 is 0 Å². The van der Waals surface area contributed by atoms with Gasteiger partial charge in [0.05, 0.1) is 18.7 Å². The number of aromatic nitrogens is 2. The van der Waals surface area contributed by atoms with Gasteiger partial charge >= 0.3 is 0 Å². The molecule has 6 heteroatoms. The van der Waals surface area contributed by atoms with Gasteiger partial charge in [-0.15, -0.1) is 0 Å². The van der Waals surface area contributed by atoms with Crippen molar-refractivity contribution in [2.75, 3.05) is 32.8 Å². The van der Waals surface area contributed by atoms with Gasteiger partial charge in [0.15, 0.2) is 0 Å². The zero-order valence-electron chi connectivity index (χ0n) is 16.3. The molecule has 0 spiro atoms. The number of hydrogen-bond acceptors (Lipinski definition) is 6. The van der Waals surface area contributed by atoms with Gasteiger partial charge in [-0.05, 0) is 24.6 Å². The molecule has 0 aliphatic carbocycles. The Morgan fingerprint density at radius 1 is 0.893 bits per heavy atom. The Morgan fingerprint density at radius 2 is 1.57 bits per heavy atom. The zero-order valence-corrected chi connectivity index (χ0v) is 16.3. The van der Waals surface area contributed by atoms with E-state index in [1.54, 1.807) is 0 Å². The lowest BCUT2D eigenvalue weighted by atomic mass is 10.2. The van der Waals surface area contributed by atoms with E-state index >= 15 is 0 Å². The van der Waals surface area contributed by atoms with E-state index in [0.717, 1.165) is 44.0 Å². The quantitative estimate of drug-likeness (QED) is 0.628. The number of piperazine rings is 1. The molecular weight excluding hydrogens is 352 g/mol. The Morgan fingerprint density at radius 3 is 2.32 bits per heavy atom. The van der Waals surface area contributed by atoms with Crippen molar-refractivity contribution in [3.05, 3.63) is 66.1 Å². The van der Waals surface area contributed by atoms with E-state index < -0.39 is 0 Å². The average Bonchev–Trinajstić information content (AvgIpc) is 3.19. The van der Waals surface area contributed by atoms with Crippen molar-refractivity contribution in [2.45, 2.75) is 20.0 Å². The van der Waals surface area contributed by atoms with Crippen LogP contribution in [0.4, 0.5) is 0 Å². The number of benzene rings is 2. The molecule has 1 aromatic heterocycles. The maximum absolute atomic E-state index is 5.67. The van der Waals surface area contributed by atoms with Crippen molar-refractivity contribution in [3.63, 3.8) is 0 Å². The van der Waals surface area contributed by atoms with Crippen molar-refractivity contribution < 1.29 is 9.26 Å². The second-order valence-electron chi connectivity index (χ2n) is 6.98. The van der Waals surface area contributed by atoms with Gasteiger partial charge in [0.2, 0.25) is 11.7 Å². The second-order valence-corrected chi connectivity index (χ2v) is 6.98. The lowest BCUT2D eigenvalue weighted by Gasteiger charge is -2.33. The highest BCUT2D eigenvalue weighted by Gasteiger charge is 2.20. The Balaban J connectivity index is 1.33. The monoisotopic (exact) mass is 378 g/mol. The summed E-state index contributed by atoms with van der Waals surface area (Å²) in [6.07, 6.45) is 0. The first-order valence-corrected chi connectivity index (χ1v) is 9.85. The van der Waals surface area contributed by atoms with Crippen LogP contribution in [0.15, 0.2) is 59.1 Å². The van der Waals surface area contributed by atoms with Crippen LogP contribution in [0.2, 0.25) is 0 Å². The Bertz CT molecular complexity index is 873. The molecule has 0 bridgehead atoms. The SMILES string of the molecule is CCOc1ccccc1-c1noc(CN2CCN(Cc3ccccc3)CC2)n1. The zero-order chi connectivity index (χ0) is 19.2. The summed E-state index contributed by atoms with van der Waals surface area (Å²) >= 11 is 0. The highest BCUT2D eigenvalue weighted by Crippen LogP contribution is 2.27. The lowest BCUT2D eigenvalue weighted by Crippen LogP contribution is -2.45. The van der Waals surface area contributed by atoms with Crippen LogP contribution >= 0.6 is 0 Å². The molecule has 0 amide bonds. The minimum atomic E-state index is 0.585. The normalized spacial score (nSPS) is 15.6. The van der Waals surface area contributed by atoms with Gasteiger partial charge in [-0.2, -0.15) is 4.98 Å². The average molecular weight is 378 g/mol. The molecule has 0 radical (unpaired) electrons. The Hall–Kier alpha value is -2.70. The third kappa shape index (κ3) is 4.58. The third-order valence-electron chi connectivity index (χ3n) is 4.97. The summed E-state index contributed by atoms with van der Waals surface area (Å²) in [4.78, 5) is 9.45. The van der Waals surface area contributed by atoms with E-state index in [9.17, 15) is 0 Å². The molecule has 28 heavy (non-hydrogen) atoms. The first kappa shape index (κ1) is 18.7. The number of rotatable bonds is 7. The standard InChI is InChI=1S/C22H26N4O2/c1-2-27-20-11-7-6-10-19(20)22-23-21(28-24-22)17-26-14-12-25(13-15-26)16-18-8-4-3-5-9-18/h3-11H,2,12-17H2,1H3. The van der Waals surface area contributed by atoms with E-state index in [4.69, 9.17) is 9.26 Å². The summed E-state index contributed by atoms with van der Waals surface area (Å²) < 4.78 is 11.2. The summed E-state index contributed by atoms with van der Waals surface area (Å²) in [5.41, 5.74) is 2.23. The fraction of sp³-hybridized carbons (Fsp3) is 0.364. The minimum absolute atomic E-state index is 0.585. The van der Waals surface area contributed by atoms with Crippen LogP contribution in [-0.2, 0) is 13.1 Å². The summed E-state index contributed by atoms with van der Waals surface area (Å²) in [6, 6.07) is 18.4. The maximum Gasteiger partial charge on any atom is 0.241 e. The van der Waals surface area contributed by atoms with Gasteiger partial charge in [0.1, 0.15) is 5.75 Å². The van der Waals surface area contributed by atoms with E-state index in [1.165, 1.54) is 5.56 Å². The fourth-order valence-electron chi connectivity index (χ4n) is 3.50. The molecule has 0 atom stereocenters. The van der Waals surface area contributed by atoms with Gasteiger partial charge in [0.25, 0.3) is 0 Å². The summed E-state index contributed by atoms with van der Waals surface area (Å²) in [7, 11) is 0. The molecule has 1 aliphatic heterocycles. The molecule has 2 aromatic carbocycles. The molecule has 1 aliphatic rings. The number of para-hydroxylation sites is 1. The number of hydrogen-bond donors (Lipinski definition) is 0. The van der Waals surface area contributed by atoms with Crippen LogP contribution in [0.3, 0.4) is 0 Å². The van der Waals surface area contributed by atoms with Gasteiger partial charge in [-0.3, -0.25) is 9.80 Å². The largest absolute Gasteiger partial charge is 0.493 e. The summed E-state index contributed by atoms with van der Waals surface area (Å²) in [5.74, 6) is 2.02. The highest BCUT2D eigenvalue weighted by molar-refractivity contribution is 5.63. The fourth-order valence-corrected chi connectivity index (χ4v) is 3.50. The molecule has 3 aromatic rings. The van der Waals surface area contributed by atoms with Crippen molar-refractivity contribution in [1.29, 1.82) is 0 Å². The topological polar surface area (TPSA) is 54.6 Å². The number of nitrogens with zero attached hydrogens (tertiary/aromatic N) is 4. The molecule has 2 heterocycles. The van der Waals surface area contributed by atoms with Crippen molar-refractivity contribution in [1.82, 2.24) is 19.9 Å². The maximum atomic E-state index is 5.67. The minimum Gasteiger partial charge on any atom is -0.493 e. The smallest absolute Gasteiger partial charge is 0.241 e. The van der Waals surface area contributed by atoms with E-state index in [0.29, 0.717) is 24.9 Å². The highest BCUT2D eigenvalue weighted by atomic mass is 16.5. The predicted molar refractivity (Wildman–Crippen MR) is 108 cm³/mol. The van der Waals surface area contributed by atoms with Gasteiger partial charge in [-0.1, -0.05) is 47.6 Å². The first-order chi connectivity index (χ1) is 13.8. The van der Waals surface area contributed by atoms with Crippen LogP contribution < -0.4 is 4.74 Å². The molecule has 0 unspecified atom stereocenters. The predicted octanol–water partition coefficient (Wildman–Crippen LogP) is 3.45. The molecular formula is C22H26N4O2. The summed E-state index contributed by atoms with van der Waals surface area (Å²) in [5, 5.41) is 4.16. The van der Waals surface area contributed by atoms with E-state index in [2.05, 4.69) is 50.3 Å². The Kier molecular flexibility index (Phi) is 5.99. The van der Waals surface area contributed by atoms with Gasteiger partial charge < -0.3 is 9.26 Å². The molecule has 4 rings (SSSR count). The molecule has 1 saturated heterocycles. The van der Waals surface area contributed by atoms with E-state index in [1.807, 2.05) is 31.2 Å². The molecule has 1 fully saturated rings. The third-order valence-corrected chi connectivity index (χ3v) is 4.97.